The molecular formula is C19H24N6O. The number of ether oxygens (including phenoxy) is 1. The number of nitrogens with one attached hydrogen (secondary N) is 2. The number of benzene rings is 1. The van der Waals surface area contributed by atoms with E-state index in [9.17, 15) is 0 Å². The minimum atomic E-state index is 0.00479. The van der Waals surface area contributed by atoms with E-state index in [4.69, 9.17) is 4.74 Å². The van der Waals surface area contributed by atoms with Gasteiger partial charge in [-0.2, -0.15) is 0 Å². The number of aryl methyl sites for hydroxylation is 1. The summed E-state index contributed by atoms with van der Waals surface area (Å²) in [4.78, 5) is 4.24. The number of hydrogen-bond acceptors (Lipinski definition) is 4. The molecule has 0 bridgehead atoms. The van der Waals surface area contributed by atoms with E-state index in [0.717, 1.165) is 17.2 Å². The number of aliphatic imine (C=N–C) groups is 1. The molecule has 0 aliphatic heterocycles. The Morgan fingerprint density at radius 1 is 1.15 bits per heavy atom. The number of pyridine rings is 1. The Kier molecular flexibility index (Phi) is 5.68. The van der Waals surface area contributed by atoms with Crippen LogP contribution in [0.5, 0.6) is 5.75 Å². The van der Waals surface area contributed by atoms with Crippen molar-refractivity contribution in [2.75, 3.05) is 13.6 Å². The second-order valence-corrected chi connectivity index (χ2v) is 6.09. The van der Waals surface area contributed by atoms with Crippen LogP contribution in [0, 0.1) is 6.92 Å². The molecule has 3 rings (SSSR count). The highest BCUT2D eigenvalue weighted by molar-refractivity contribution is 5.79. The van der Waals surface area contributed by atoms with Gasteiger partial charge in [-0.1, -0.05) is 23.8 Å². The molecule has 1 atom stereocenters. The Hall–Kier alpha value is -3.09. The molecule has 3 aromatic rings. The highest BCUT2D eigenvalue weighted by atomic mass is 16.5. The average Bonchev–Trinajstić information content (AvgIpc) is 3.07. The zero-order valence-corrected chi connectivity index (χ0v) is 15.3. The molecule has 0 aliphatic carbocycles. The van der Waals surface area contributed by atoms with Crippen molar-refractivity contribution in [1.29, 1.82) is 0 Å². The van der Waals surface area contributed by atoms with E-state index in [1.54, 1.807) is 7.05 Å². The third-order valence-corrected chi connectivity index (χ3v) is 3.94. The van der Waals surface area contributed by atoms with Gasteiger partial charge in [0.1, 0.15) is 11.9 Å². The summed E-state index contributed by atoms with van der Waals surface area (Å²) >= 11 is 0. The SMILES string of the molecule is CN=C(NCc1nnc2ccccn12)NCC(C)Oc1ccc(C)cc1. The number of rotatable bonds is 6. The maximum atomic E-state index is 5.90. The van der Waals surface area contributed by atoms with E-state index in [-0.39, 0.29) is 6.10 Å². The van der Waals surface area contributed by atoms with Crippen LogP contribution in [0.15, 0.2) is 53.7 Å². The molecule has 2 heterocycles. The van der Waals surface area contributed by atoms with Crippen LogP contribution in [-0.4, -0.2) is 40.3 Å². The summed E-state index contributed by atoms with van der Waals surface area (Å²) in [7, 11) is 1.74. The van der Waals surface area contributed by atoms with Crippen LogP contribution < -0.4 is 15.4 Å². The lowest BCUT2D eigenvalue weighted by Gasteiger charge is -2.17. The van der Waals surface area contributed by atoms with Crippen molar-refractivity contribution < 1.29 is 4.74 Å². The first-order chi connectivity index (χ1) is 12.7. The summed E-state index contributed by atoms with van der Waals surface area (Å²) in [5.41, 5.74) is 2.04. The van der Waals surface area contributed by atoms with Crippen molar-refractivity contribution in [2.24, 2.45) is 4.99 Å². The zero-order valence-electron chi connectivity index (χ0n) is 15.3. The lowest BCUT2D eigenvalue weighted by molar-refractivity contribution is 0.224. The Balaban J connectivity index is 1.49. The normalized spacial score (nSPS) is 12.8. The second kappa shape index (κ2) is 8.33. The summed E-state index contributed by atoms with van der Waals surface area (Å²) < 4.78 is 7.85. The van der Waals surface area contributed by atoms with Crippen molar-refractivity contribution in [2.45, 2.75) is 26.5 Å². The Morgan fingerprint density at radius 2 is 1.96 bits per heavy atom. The Bertz CT molecular complexity index is 871. The maximum absolute atomic E-state index is 5.90. The smallest absolute Gasteiger partial charge is 0.191 e. The quantitative estimate of drug-likeness (QED) is 0.525. The fourth-order valence-electron chi connectivity index (χ4n) is 2.53. The molecule has 7 nitrogen and oxygen atoms in total. The van der Waals surface area contributed by atoms with Crippen molar-refractivity contribution in [3.63, 3.8) is 0 Å². The number of hydrogen-bond donors (Lipinski definition) is 2. The molecule has 1 unspecified atom stereocenters. The minimum Gasteiger partial charge on any atom is -0.489 e. The van der Waals surface area contributed by atoms with E-state index >= 15 is 0 Å². The maximum Gasteiger partial charge on any atom is 0.191 e. The molecule has 2 N–H and O–H groups in total. The number of nitrogens with zero attached hydrogens (tertiary/aromatic N) is 4. The van der Waals surface area contributed by atoms with Gasteiger partial charge in [0, 0.05) is 13.2 Å². The predicted molar refractivity (Wildman–Crippen MR) is 102 cm³/mol. The van der Waals surface area contributed by atoms with Crippen molar-refractivity contribution in [3.05, 3.63) is 60.0 Å². The van der Waals surface area contributed by atoms with Crippen LogP contribution in [0.2, 0.25) is 0 Å². The molecule has 2 aromatic heterocycles. The lowest BCUT2D eigenvalue weighted by Crippen LogP contribution is -2.41. The van der Waals surface area contributed by atoms with Crippen molar-refractivity contribution in [1.82, 2.24) is 25.2 Å². The van der Waals surface area contributed by atoms with Gasteiger partial charge in [0.2, 0.25) is 0 Å². The lowest BCUT2D eigenvalue weighted by atomic mass is 10.2. The third kappa shape index (κ3) is 4.50. The molecule has 0 spiro atoms. The third-order valence-electron chi connectivity index (χ3n) is 3.94. The Morgan fingerprint density at radius 3 is 2.73 bits per heavy atom. The van der Waals surface area contributed by atoms with Crippen molar-refractivity contribution >= 4 is 11.6 Å². The van der Waals surface area contributed by atoms with Gasteiger partial charge < -0.3 is 15.4 Å². The molecular weight excluding hydrogens is 328 g/mol. The van der Waals surface area contributed by atoms with E-state index in [2.05, 4.69) is 32.7 Å². The molecule has 0 fully saturated rings. The van der Waals surface area contributed by atoms with E-state index in [0.29, 0.717) is 19.0 Å². The monoisotopic (exact) mass is 352 g/mol. The molecule has 0 aliphatic rings. The van der Waals surface area contributed by atoms with Gasteiger partial charge in [0.05, 0.1) is 13.1 Å². The van der Waals surface area contributed by atoms with Gasteiger partial charge in [0.25, 0.3) is 0 Å². The number of fused-ring (bicyclic) bond motifs is 1. The molecule has 1 aromatic carbocycles. The highest BCUT2D eigenvalue weighted by Crippen LogP contribution is 2.12. The van der Waals surface area contributed by atoms with Crippen LogP contribution in [0.25, 0.3) is 5.65 Å². The first-order valence-corrected chi connectivity index (χ1v) is 8.62. The van der Waals surface area contributed by atoms with Crippen LogP contribution in [-0.2, 0) is 6.54 Å². The van der Waals surface area contributed by atoms with E-state index in [1.807, 2.05) is 60.0 Å². The summed E-state index contributed by atoms with van der Waals surface area (Å²) in [6.45, 7) is 5.24. The largest absolute Gasteiger partial charge is 0.489 e. The summed E-state index contributed by atoms with van der Waals surface area (Å²) in [5, 5.41) is 14.9. The zero-order chi connectivity index (χ0) is 18.4. The topological polar surface area (TPSA) is 75.8 Å². The molecule has 0 radical (unpaired) electrons. The average molecular weight is 352 g/mol. The highest BCUT2D eigenvalue weighted by Gasteiger charge is 2.08. The predicted octanol–water partition coefficient (Wildman–Crippen LogP) is 2.17. The van der Waals surface area contributed by atoms with Crippen LogP contribution >= 0.6 is 0 Å². The van der Waals surface area contributed by atoms with E-state index < -0.39 is 0 Å². The van der Waals surface area contributed by atoms with Crippen LogP contribution in [0.3, 0.4) is 0 Å². The standard InChI is InChI=1S/C19H24N6O/c1-14-7-9-16(10-8-14)26-15(2)12-21-19(20-3)22-13-18-24-23-17-6-4-5-11-25(17)18/h4-11,15H,12-13H2,1-3H3,(H2,20,21,22). The molecule has 7 heteroatoms. The van der Waals surface area contributed by atoms with E-state index in [1.165, 1.54) is 5.56 Å². The first kappa shape index (κ1) is 17.7. The van der Waals surface area contributed by atoms with Gasteiger partial charge in [0.15, 0.2) is 17.4 Å². The number of guanidine groups is 1. The van der Waals surface area contributed by atoms with Gasteiger partial charge in [-0.3, -0.25) is 9.39 Å². The Labute approximate surface area is 153 Å². The van der Waals surface area contributed by atoms with Crippen LogP contribution in [0.4, 0.5) is 0 Å². The minimum absolute atomic E-state index is 0.00479. The van der Waals surface area contributed by atoms with Gasteiger partial charge in [-0.15, -0.1) is 10.2 Å². The molecule has 26 heavy (non-hydrogen) atoms. The fourth-order valence-corrected chi connectivity index (χ4v) is 2.53. The van der Waals surface area contributed by atoms with Crippen molar-refractivity contribution in [3.8, 4) is 5.75 Å². The molecule has 0 amide bonds. The summed E-state index contributed by atoms with van der Waals surface area (Å²) in [5.74, 6) is 2.38. The molecule has 0 saturated heterocycles. The molecule has 136 valence electrons. The summed E-state index contributed by atoms with van der Waals surface area (Å²) in [6, 6.07) is 13.9. The van der Waals surface area contributed by atoms with Gasteiger partial charge in [-0.25, -0.2) is 0 Å². The van der Waals surface area contributed by atoms with Crippen LogP contribution in [0.1, 0.15) is 18.3 Å². The first-order valence-electron chi connectivity index (χ1n) is 8.62. The molecule has 0 saturated carbocycles. The second-order valence-electron chi connectivity index (χ2n) is 6.09. The summed E-state index contributed by atoms with van der Waals surface area (Å²) in [6.07, 6.45) is 1.95. The van der Waals surface area contributed by atoms with Gasteiger partial charge in [-0.05, 0) is 38.1 Å². The fraction of sp³-hybridized carbons (Fsp3) is 0.316. The number of aromatic nitrogens is 3. The van der Waals surface area contributed by atoms with Gasteiger partial charge >= 0.3 is 0 Å².